The SMILES string of the molecule is CCNC(=O)[C@H](Cc1ccccc1)N(Cc1c(Cl)cccc1Cl)C(=O)CN(c1cc(OC)ccc1OC)S(=O)(=O)c1ccc(OC)c(OC)c1. The Kier molecular flexibility index (Phi) is 13.2. The lowest BCUT2D eigenvalue weighted by atomic mass is 10.0. The smallest absolute Gasteiger partial charge is 0.265 e. The van der Waals surface area contributed by atoms with Crippen molar-refractivity contribution in [2.45, 2.75) is 30.8 Å². The van der Waals surface area contributed by atoms with Crippen molar-refractivity contribution < 1.29 is 37.0 Å². The van der Waals surface area contributed by atoms with E-state index in [9.17, 15) is 18.0 Å². The number of likely N-dealkylation sites (N-methyl/N-ethyl adjacent to an activating group) is 1. The molecule has 14 heteroatoms. The van der Waals surface area contributed by atoms with Crippen LogP contribution in [0.5, 0.6) is 23.0 Å². The van der Waals surface area contributed by atoms with Crippen LogP contribution in [0.3, 0.4) is 0 Å². The van der Waals surface area contributed by atoms with Gasteiger partial charge in [-0.15, -0.1) is 0 Å². The van der Waals surface area contributed by atoms with Crippen LogP contribution in [0, 0.1) is 0 Å². The molecule has 50 heavy (non-hydrogen) atoms. The van der Waals surface area contributed by atoms with Crippen molar-refractivity contribution >= 4 is 50.7 Å². The van der Waals surface area contributed by atoms with Gasteiger partial charge in [-0.2, -0.15) is 0 Å². The van der Waals surface area contributed by atoms with E-state index in [1.165, 1.54) is 63.7 Å². The van der Waals surface area contributed by atoms with Gasteiger partial charge in [0, 0.05) is 47.3 Å². The summed E-state index contributed by atoms with van der Waals surface area (Å²) in [7, 11) is 1.08. The van der Waals surface area contributed by atoms with E-state index in [1.807, 2.05) is 30.3 Å². The van der Waals surface area contributed by atoms with Crippen LogP contribution in [0.4, 0.5) is 5.69 Å². The Balaban J connectivity index is 1.92. The minimum atomic E-state index is -4.54. The van der Waals surface area contributed by atoms with E-state index in [4.69, 9.17) is 42.1 Å². The van der Waals surface area contributed by atoms with Gasteiger partial charge in [0.25, 0.3) is 10.0 Å². The molecule has 4 aromatic rings. The van der Waals surface area contributed by atoms with Crippen LogP contribution in [-0.2, 0) is 32.6 Å². The number of ether oxygens (including phenoxy) is 4. The van der Waals surface area contributed by atoms with Crippen LogP contribution in [0.1, 0.15) is 18.1 Å². The molecule has 0 aromatic heterocycles. The Bertz CT molecular complexity index is 1890. The predicted molar refractivity (Wildman–Crippen MR) is 193 cm³/mol. The lowest BCUT2D eigenvalue weighted by molar-refractivity contribution is -0.140. The molecule has 0 aliphatic heterocycles. The average molecular weight is 745 g/mol. The first-order chi connectivity index (χ1) is 24.0. The zero-order valence-electron chi connectivity index (χ0n) is 28.3. The van der Waals surface area contributed by atoms with Gasteiger partial charge in [0.15, 0.2) is 11.5 Å². The molecule has 4 rings (SSSR count). The van der Waals surface area contributed by atoms with E-state index in [0.717, 1.165) is 9.87 Å². The third kappa shape index (κ3) is 8.73. The van der Waals surface area contributed by atoms with Gasteiger partial charge in [-0.1, -0.05) is 59.6 Å². The van der Waals surface area contributed by atoms with Crippen molar-refractivity contribution in [3.63, 3.8) is 0 Å². The summed E-state index contributed by atoms with van der Waals surface area (Å²) in [5.41, 5.74) is 1.18. The van der Waals surface area contributed by atoms with Gasteiger partial charge in [-0.3, -0.25) is 13.9 Å². The summed E-state index contributed by atoms with van der Waals surface area (Å²) in [6.45, 7) is 1.10. The minimum Gasteiger partial charge on any atom is -0.497 e. The number of hydrogen-bond donors (Lipinski definition) is 1. The second-order valence-corrected chi connectivity index (χ2v) is 13.6. The zero-order valence-corrected chi connectivity index (χ0v) is 30.6. The Labute approximate surface area is 302 Å². The zero-order chi connectivity index (χ0) is 36.4. The Morgan fingerprint density at radius 1 is 0.780 bits per heavy atom. The van der Waals surface area contributed by atoms with Gasteiger partial charge in [-0.25, -0.2) is 8.42 Å². The number of nitrogens with one attached hydrogen (secondary N) is 1. The fourth-order valence-electron chi connectivity index (χ4n) is 5.31. The molecule has 1 atom stereocenters. The first-order valence-corrected chi connectivity index (χ1v) is 17.7. The summed E-state index contributed by atoms with van der Waals surface area (Å²) in [6, 6.07) is 21.7. The molecule has 0 spiro atoms. The number of carbonyl (C=O) groups excluding carboxylic acids is 2. The molecule has 0 heterocycles. The minimum absolute atomic E-state index is 0.0170. The lowest BCUT2D eigenvalue weighted by Gasteiger charge is -2.34. The van der Waals surface area contributed by atoms with Gasteiger partial charge < -0.3 is 29.2 Å². The summed E-state index contributed by atoms with van der Waals surface area (Å²) in [6.07, 6.45) is 0.116. The van der Waals surface area contributed by atoms with Crippen molar-refractivity contribution in [1.82, 2.24) is 10.2 Å². The quantitative estimate of drug-likeness (QED) is 0.148. The van der Waals surface area contributed by atoms with E-state index >= 15 is 0 Å². The summed E-state index contributed by atoms with van der Waals surface area (Å²) in [5.74, 6) is -0.242. The number of anilines is 1. The highest BCUT2D eigenvalue weighted by atomic mass is 35.5. The number of sulfonamides is 1. The molecule has 0 unspecified atom stereocenters. The van der Waals surface area contributed by atoms with E-state index in [1.54, 1.807) is 31.2 Å². The van der Waals surface area contributed by atoms with Gasteiger partial charge in [0.05, 0.1) is 39.0 Å². The third-order valence-corrected chi connectivity index (χ3v) is 10.4. The molecule has 0 radical (unpaired) electrons. The Hall–Kier alpha value is -4.65. The number of benzene rings is 4. The molecule has 2 amide bonds. The maximum absolute atomic E-state index is 14.8. The number of halogens is 2. The average Bonchev–Trinajstić information content (AvgIpc) is 3.12. The number of hydrogen-bond acceptors (Lipinski definition) is 8. The van der Waals surface area contributed by atoms with Crippen molar-refractivity contribution in [3.05, 3.63) is 106 Å². The third-order valence-electron chi connectivity index (χ3n) is 7.89. The fourth-order valence-corrected chi connectivity index (χ4v) is 7.26. The highest BCUT2D eigenvalue weighted by Crippen LogP contribution is 2.38. The van der Waals surface area contributed by atoms with Crippen LogP contribution in [0.2, 0.25) is 10.0 Å². The molecule has 0 fully saturated rings. The second-order valence-electron chi connectivity index (χ2n) is 10.9. The van der Waals surface area contributed by atoms with Crippen LogP contribution in [-0.4, -0.2) is 72.7 Å². The monoisotopic (exact) mass is 743 g/mol. The molecule has 11 nitrogen and oxygen atoms in total. The summed E-state index contributed by atoms with van der Waals surface area (Å²) in [4.78, 5) is 29.7. The van der Waals surface area contributed by atoms with Gasteiger partial charge >= 0.3 is 0 Å². The number of methoxy groups -OCH3 is 4. The van der Waals surface area contributed by atoms with Gasteiger partial charge in [-0.05, 0) is 48.9 Å². The van der Waals surface area contributed by atoms with Crippen molar-refractivity contribution in [3.8, 4) is 23.0 Å². The topological polar surface area (TPSA) is 124 Å². The van der Waals surface area contributed by atoms with Crippen LogP contribution < -0.4 is 28.6 Å². The van der Waals surface area contributed by atoms with Crippen LogP contribution >= 0.6 is 23.2 Å². The number of carbonyl (C=O) groups is 2. The fraction of sp³-hybridized carbons (Fsp3) is 0.278. The number of nitrogens with zero attached hydrogens (tertiary/aromatic N) is 2. The summed E-state index contributed by atoms with van der Waals surface area (Å²) >= 11 is 13.2. The van der Waals surface area contributed by atoms with Crippen molar-refractivity contribution in [2.75, 3.05) is 45.8 Å². The Morgan fingerprint density at radius 3 is 2.02 bits per heavy atom. The molecule has 4 aromatic carbocycles. The highest BCUT2D eigenvalue weighted by Gasteiger charge is 2.36. The van der Waals surface area contributed by atoms with Crippen molar-refractivity contribution in [1.29, 1.82) is 0 Å². The lowest BCUT2D eigenvalue weighted by Crippen LogP contribution is -2.53. The molecule has 1 N–H and O–H groups in total. The second kappa shape index (κ2) is 17.3. The summed E-state index contributed by atoms with van der Waals surface area (Å²) in [5, 5.41) is 3.37. The number of amides is 2. The van der Waals surface area contributed by atoms with E-state index in [2.05, 4.69) is 5.32 Å². The Morgan fingerprint density at radius 2 is 1.42 bits per heavy atom. The molecular weight excluding hydrogens is 705 g/mol. The van der Waals surface area contributed by atoms with E-state index < -0.39 is 34.4 Å². The van der Waals surface area contributed by atoms with E-state index in [0.29, 0.717) is 23.6 Å². The molecule has 0 bridgehead atoms. The van der Waals surface area contributed by atoms with Crippen molar-refractivity contribution in [2.24, 2.45) is 0 Å². The van der Waals surface area contributed by atoms with Gasteiger partial charge in [0.1, 0.15) is 24.1 Å². The molecule has 266 valence electrons. The highest BCUT2D eigenvalue weighted by molar-refractivity contribution is 7.92. The maximum Gasteiger partial charge on any atom is 0.265 e. The molecule has 0 aliphatic carbocycles. The largest absolute Gasteiger partial charge is 0.497 e. The first kappa shape index (κ1) is 38.2. The predicted octanol–water partition coefficient (Wildman–Crippen LogP) is 6.00. The first-order valence-electron chi connectivity index (χ1n) is 15.5. The summed E-state index contributed by atoms with van der Waals surface area (Å²) < 4.78 is 51.9. The normalized spacial score (nSPS) is 11.7. The molecular formula is C36H39Cl2N3O8S. The maximum atomic E-state index is 14.8. The van der Waals surface area contributed by atoms with Crippen LogP contribution in [0.15, 0.2) is 89.8 Å². The number of rotatable bonds is 16. The van der Waals surface area contributed by atoms with E-state index in [-0.39, 0.29) is 45.1 Å². The molecule has 0 aliphatic rings. The standard InChI is InChI=1S/C36H39Cl2N3O8S/c1-6-39-36(43)31(19-24-11-8-7-9-12-24)40(22-27-28(37)13-10-14-29(27)38)35(42)23-41(30-20-25(46-2)15-17-32(30)47-3)50(44,45)26-16-18-33(48-4)34(21-26)49-5/h7-18,20-21,31H,6,19,22-23H2,1-5H3,(H,39,43)/t31-/m0/s1. The molecule has 0 saturated heterocycles. The van der Waals surface area contributed by atoms with Gasteiger partial charge in [0.2, 0.25) is 11.8 Å². The molecule has 0 saturated carbocycles. The van der Waals surface area contributed by atoms with Crippen LogP contribution in [0.25, 0.3) is 0 Å².